The van der Waals surface area contributed by atoms with E-state index in [1.807, 2.05) is 0 Å². The van der Waals surface area contributed by atoms with Crippen molar-refractivity contribution in [2.75, 3.05) is 66.3 Å². The van der Waals surface area contributed by atoms with Crippen molar-refractivity contribution in [2.24, 2.45) is 11.3 Å². The Hall–Kier alpha value is -1.39. The topological polar surface area (TPSA) is 88.5 Å². The summed E-state index contributed by atoms with van der Waals surface area (Å²) in [6, 6.07) is 4.74. The molecule has 0 bridgehead atoms. The van der Waals surface area contributed by atoms with Crippen LogP contribution < -0.4 is 9.47 Å². The fourth-order valence-corrected chi connectivity index (χ4v) is 5.97. The van der Waals surface area contributed by atoms with Gasteiger partial charge in [0, 0.05) is 51.3 Å². The second-order valence-corrected chi connectivity index (χ2v) is 9.49. The normalized spacial score (nSPS) is 28.4. The van der Waals surface area contributed by atoms with Crippen molar-refractivity contribution in [1.82, 2.24) is 9.21 Å². The molecule has 1 N–H and O–H groups in total. The number of hydrogen-bond acceptors (Lipinski definition) is 7. The summed E-state index contributed by atoms with van der Waals surface area (Å²) in [5.41, 5.74) is -0.408. The lowest BCUT2D eigenvalue weighted by atomic mass is 9.82. The van der Waals surface area contributed by atoms with Gasteiger partial charge < -0.3 is 19.3 Å². The highest BCUT2D eigenvalue weighted by Crippen LogP contribution is 2.44. The highest BCUT2D eigenvalue weighted by Gasteiger charge is 2.54. The van der Waals surface area contributed by atoms with Crippen molar-refractivity contribution in [3.05, 3.63) is 18.2 Å². The number of fused-ring (bicyclic) bond motifs is 2. The third kappa shape index (κ3) is 3.31. The molecule has 9 heteroatoms. The number of rotatable bonds is 6. The second-order valence-electron chi connectivity index (χ2n) is 7.55. The zero-order valence-corrected chi connectivity index (χ0v) is 16.3. The van der Waals surface area contributed by atoms with Crippen LogP contribution in [-0.4, -0.2) is 89.0 Å². The summed E-state index contributed by atoms with van der Waals surface area (Å²) in [4.78, 5) is 2.45. The first-order chi connectivity index (χ1) is 13.0. The van der Waals surface area contributed by atoms with Crippen LogP contribution in [0.4, 0.5) is 0 Å². The Bertz CT molecular complexity index is 801. The van der Waals surface area contributed by atoms with Gasteiger partial charge in [-0.15, -0.1) is 0 Å². The molecule has 0 amide bonds. The van der Waals surface area contributed by atoms with E-state index in [0.717, 1.165) is 13.1 Å². The maximum atomic E-state index is 13.2. The van der Waals surface area contributed by atoms with Crippen LogP contribution in [0.3, 0.4) is 0 Å². The van der Waals surface area contributed by atoms with E-state index in [9.17, 15) is 13.5 Å². The van der Waals surface area contributed by atoms with Crippen molar-refractivity contribution < 1.29 is 27.7 Å². The third-order valence-electron chi connectivity index (χ3n) is 5.88. The molecule has 0 unspecified atom stereocenters. The van der Waals surface area contributed by atoms with Gasteiger partial charge in [-0.05, 0) is 18.1 Å². The van der Waals surface area contributed by atoms with Crippen LogP contribution in [0.2, 0.25) is 0 Å². The van der Waals surface area contributed by atoms with Crippen LogP contribution in [0, 0.1) is 11.3 Å². The first-order valence-electron chi connectivity index (χ1n) is 9.20. The van der Waals surface area contributed by atoms with Crippen molar-refractivity contribution >= 4 is 10.0 Å². The van der Waals surface area contributed by atoms with Crippen LogP contribution in [0.15, 0.2) is 23.1 Å². The van der Waals surface area contributed by atoms with Gasteiger partial charge in [0.15, 0.2) is 11.5 Å². The van der Waals surface area contributed by atoms with E-state index in [1.165, 1.54) is 10.4 Å². The van der Waals surface area contributed by atoms with E-state index in [0.29, 0.717) is 51.0 Å². The SMILES string of the molecule is COCCN1C[C@H]2CN(S(=O)(=O)c3ccc4c(c3)OCCO4)C[C@@]2(CO)C1. The number of likely N-dealkylation sites (tertiary alicyclic amines) is 1. The van der Waals surface area contributed by atoms with Gasteiger partial charge in [-0.3, -0.25) is 4.90 Å². The van der Waals surface area contributed by atoms with E-state index in [-0.39, 0.29) is 17.4 Å². The fraction of sp³-hybridized carbons (Fsp3) is 0.667. The lowest BCUT2D eigenvalue weighted by Gasteiger charge is -2.27. The molecule has 3 aliphatic heterocycles. The number of ether oxygens (including phenoxy) is 3. The zero-order valence-electron chi connectivity index (χ0n) is 15.5. The predicted octanol–water partition coefficient (Wildman–Crippen LogP) is 0.0190. The largest absolute Gasteiger partial charge is 0.486 e. The number of aliphatic hydroxyl groups excluding tert-OH is 1. The molecule has 0 saturated carbocycles. The van der Waals surface area contributed by atoms with Crippen LogP contribution in [0.5, 0.6) is 11.5 Å². The van der Waals surface area contributed by atoms with E-state index in [2.05, 4.69) is 4.90 Å². The van der Waals surface area contributed by atoms with Crippen LogP contribution >= 0.6 is 0 Å². The molecule has 1 aromatic rings. The molecule has 0 aromatic heterocycles. The van der Waals surface area contributed by atoms with E-state index in [1.54, 1.807) is 19.2 Å². The third-order valence-corrected chi connectivity index (χ3v) is 7.68. The maximum absolute atomic E-state index is 13.2. The van der Waals surface area contributed by atoms with Crippen molar-refractivity contribution in [3.8, 4) is 11.5 Å². The molecule has 150 valence electrons. The summed E-state index contributed by atoms with van der Waals surface area (Å²) < 4.78 is 44.0. The minimum atomic E-state index is -3.65. The molecule has 0 radical (unpaired) electrons. The molecule has 4 rings (SSSR count). The fourth-order valence-electron chi connectivity index (χ4n) is 4.37. The number of sulfonamides is 1. The molecule has 8 nitrogen and oxygen atoms in total. The Morgan fingerprint density at radius 3 is 2.70 bits per heavy atom. The number of nitrogens with zero attached hydrogens (tertiary/aromatic N) is 2. The lowest BCUT2D eigenvalue weighted by molar-refractivity contribution is 0.111. The van der Waals surface area contributed by atoms with Gasteiger partial charge in [-0.2, -0.15) is 4.31 Å². The summed E-state index contributed by atoms with van der Waals surface area (Å²) in [6.45, 7) is 4.49. The smallest absolute Gasteiger partial charge is 0.243 e. The van der Waals surface area contributed by atoms with Crippen LogP contribution in [0.25, 0.3) is 0 Å². The average molecular weight is 398 g/mol. The summed E-state index contributed by atoms with van der Waals surface area (Å²) in [7, 11) is -1.99. The number of benzene rings is 1. The Morgan fingerprint density at radius 1 is 1.22 bits per heavy atom. The summed E-state index contributed by atoms with van der Waals surface area (Å²) in [5, 5.41) is 10.1. The number of methoxy groups -OCH3 is 1. The molecule has 0 aliphatic carbocycles. The van der Waals surface area contributed by atoms with Gasteiger partial charge in [0.2, 0.25) is 10.0 Å². The van der Waals surface area contributed by atoms with Gasteiger partial charge in [0.05, 0.1) is 18.1 Å². The molecule has 2 fully saturated rings. The highest BCUT2D eigenvalue weighted by molar-refractivity contribution is 7.89. The van der Waals surface area contributed by atoms with E-state index >= 15 is 0 Å². The molecule has 0 spiro atoms. The first-order valence-corrected chi connectivity index (χ1v) is 10.6. The van der Waals surface area contributed by atoms with Crippen molar-refractivity contribution in [2.45, 2.75) is 4.90 Å². The molecule has 2 saturated heterocycles. The average Bonchev–Trinajstić information content (AvgIpc) is 3.20. The standard InChI is InChI=1S/C18H26N2O6S/c1-24-5-4-19-9-14-10-20(12-18(14,11-19)13-21)27(22,23)15-2-3-16-17(8-15)26-7-6-25-16/h2-3,8,14,21H,4-7,9-13H2,1H3/t14-,18+/m0/s1. The molecule has 2 atom stereocenters. The monoisotopic (exact) mass is 398 g/mol. The zero-order chi connectivity index (χ0) is 19.1. The Labute approximate surface area is 159 Å². The Balaban J connectivity index is 1.53. The van der Waals surface area contributed by atoms with E-state index < -0.39 is 15.4 Å². The molecule has 3 aliphatic rings. The Kier molecular flexibility index (Phi) is 5.06. The van der Waals surface area contributed by atoms with E-state index in [4.69, 9.17) is 14.2 Å². The predicted molar refractivity (Wildman–Crippen MR) is 97.5 cm³/mol. The molecule has 27 heavy (non-hydrogen) atoms. The van der Waals surface area contributed by atoms with Crippen molar-refractivity contribution in [1.29, 1.82) is 0 Å². The number of hydrogen-bond donors (Lipinski definition) is 1. The molecular formula is C18H26N2O6S. The summed E-state index contributed by atoms with van der Waals surface area (Å²) >= 11 is 0. The van der Waals surface area contributed by atoms with Gasteiger partial charge in [0.25, 0.3) is 0 Å². The molecular weight excluding hydrogens is 372 g/mol. The second kappa shape index (κ2) is 7.21. The minimum Gasteiger partial charge on any atom is -0.486 e. The molecule has 3 heterocycles. The van der Waals surface area contributed by atoms with Gasteiger partial charge in [-0.1, -0.05) is 0 Å². The lowest BCUT2D eigenvalue weighted by Crippen LogP contribution is -2.39. The van der Waals surface area contributed by atoms with Crippen molar-refractivity contribution in [3.63, 3.8) is 0 Å². The molecule has 1 aromatic carbocycles. The van der Waals surface area contributed by atoms with Gasteiger partial charge in [0.1, 0.15) is 13.2 Å². The maximum Gasteiger partial charge on any atom is 0.243 e. The van der Waals surface area contributed by atoms with Crippen LogP contribution in [-0.2, 0) is 14.8 Å². The summed E-state index contributed by atoms with van der Waals surface area (Å²) in [6.07, 6.45) is 0. The Morgan fingerprint density at radius 2 is 2.00 bits per heavy atom. The first kappa shape index (κ1) is 18.9. The minimum absolute atomic E-state index is 0.0195. The van der Waals surface area contributed by atoms with Gasteiger partial charge in [-0.25, -0.2) is 8.42 Å². The summed E-state index contributed by atoms with van der Waals surface area (Å²) in [5.74, 6) is 1.15. The van der Waals surface area contributed by atoms with Crippen LogP contribution in [0.1, 0.15) is 0 Å². The van der Waals surface area contributed by atoms with Gasteiger partial charge >= 0.3 is 0 Å². The quantitative estimate of drug-likeness (QED) is 0.723. The number of aliphatic hydroxyl groups is 1. The highest BCUT2D eigenvalue weighted by atomic mass is 32.2.